The summed E-state index contributed by atoms with van der Waals surface area (Å²) in [5.41, 5.74) is 1.13. The minimum Gasteiger partial charge on any atom is -0.374 e. The van der Waals surface area contributed by atoms with Gasteiger partial charge in [0.05, 0.1) is 5.60 Å². The fourth-order valence-corrected chi connectivity index (χ4v) is 3.55. The van der Waals surface area contributed by atoms with E-state index in [1.165, 1.54) is 12.8 Å². The van der Waals surface area contributed by atoms with Crippen molar-refractivity contribution < 1.29 is 4.74 Å². The number of likely N-dealkylation sites (N-methyl/N-ethyl adjacent to an activating group) is 1. The molecule has 1 aromatic rings. The van der Waals surface area contributed by atoms with Crippen molar-refractivity contribution in [3.8, 4) is 0 Å². The maximum atomic E-state index is 6.32. The third kappa shape index (κ3) is 4.27. The van der Waals surface area contributed by atoms with Crippen molar-refractivity contribution in [1.82, 2.24) is 10.3 Å². The Bertz CT molecular complexity index is 399. The largest absolute Gasteiger partial charge is 0.374 e. The van der Waals surface area contributed by atoms with E-state index in [-0.39, 0.29) is 5.60 Å². The molecule has 1 fully saturated rings. The molecule has 0 amide bonds. The average molecular weight is 290 g/mol. The lowest BCUT2D eigenvalue weighted by atomic mass is 9.74. The van der Waals surface area contributed by atoms with Crippen LogP contribution in [0, 0.1) is 5.92 Å². The predicted octanol–water partition coefficient (Wildman–Crippen LogP) is 3.59. The van der Waals surface area contributed by atoms with E-state index in [0.29, 0.717) is 6.04 Å². The maximum absolute atomic E-state index is 6.32. The highest BCUT2D eigenvalue weighted by Crippen LogP contribution is 2.38. The third-order valence-electron chi connectivity index (χ3n) is 4.78. The summed E-state index contributed by atoms with van der Waals surface area (Å²) in [5, 5.41) is 3.68. The number of nitrogens with zero attached hydrogens (tertiary/aromatic N) is 1. The van der Waals surface area contributed by atoms with Gasteiger partial charge >= 0.3 is 0 Å². The Morgan fingerprint density at radius 1 is 1.33 bits per heavy atom. The molecule has 3 nitrogen and oxygen atoms in total. The lowest BCUT2D eigenvalue weighted by Crippen LogP contribution is -2.55. The van der Waals surface area contributed by atoms with Gasteiger partial charge in [0.25, 0.3) is 0 Å². The molecule has 0 radical (unpaired) electrons. The lowest BCUT2D eigenvalue weighted by Gasteiger charge is -2.45. The molecule has 1 heterocycles. The summed E-state index contributed by atoms with van der Waals surface area (Å²) in [7, 11) is 0. The number of rotatable bonds is 7. The van der Waals surface area contributed by atoms with E-state index in [0.717, 1.165) is 44.0 Å². The zero-order chi connectivity index (χ0) is 15.1. The minimum absolute atomic E-state index is 0.0191. The highest BCUT2D eigenvalue weighted by molar-refractivity contribution is 5.09. The van der Waals surface area contributed by atoms with Crippen LogP contribution >= 0.6 is 0 Å². The van der Waals surface area contributed by atoms with Crippen molar-refractivity contribution in [3.05, 3.63) is 30.1 Å². The molecule has 1 aliphatic carbocycles. The van der Waals surface area contributed by atoms with Gasteiger partial charge in [0, 0.05) is 31.0 Å². The predicted molar refractivity (Wildman–Crippen MR) is 87.4 cm³/mol. The van der Waals surface area contributed by atoms with Crippen LogP contribution in [0.15, 0.2) is 24.4 Å². The monoisotopic (exact) mass is 290 g/mol. The molecule has 2 rings (SSSR count). The summed E-state index contributed by atoms with van der Waals surface area (Å²) >= 11 is 0. The van der Waals surface area contributed by atoms with E-state index in [4.69, 9.17) is 4.74 Å². The molecule has 1 aromatic heterocycles. The zero-order valence-corrected chi connectivity index (χ0v) is 13.8. The molecule has 0 aliphatic heterocycles. The molecule has 0 aromatic carbocycles. The van der Waals surface area contributed by atoms with Gasteiger partial charge in [0.15, 0.2) is 0 Å². The number of hydrogen-bond donors (Lipinski definition) is 1. The van der Waals surface area contributed by atoms with Gasteiger partial charge in [-0.3, -0.25) is 4.98 Å². The van der Waals surface area contributed by atoms with Gasteiger partial charge in [-0.1, -0.05) is 19.9 Å². The van der Waals surface area contributed by atoms with Gasteiger partial charge in [-0.05, 0) is 57.2 Å². The molecule has 1 aliphatic rings. The van der Waals surface area contributed by atoms with Crippen LogP contribution in [0.25, 0.3) is 0 Å². The van der Waals surface area contributed by atoms with E-state index in [1.54, 1.807) is 0 Å². The van der Waals surface area contributed by atoms with Crippen LogP contribution in [0.5, 0.6) is 0 Å². The van der Waals surface area contributed by atoms with Gasteiger partial charge in [-0.25, -0.2) is 0 Å². The summed E-state index contributed by atoms with van der Waals surface area (Å²) in [5.74, 6) is 0.829. The van der Waals surface area contributed by atoms with Crippen LogP contribution in [0.1, 0.15) is 52.1 Å². The molecule has 0 saturated heterocycles. The minimum atomic E-state index is -0.0191. The first-order valence-corrected chi connectivity index (χ1v) is 8.47. The Balaban J connectivity index is 2.16. The second-order valence-corrected chi connectivity index (χ2v) is 6.32. The molecule has 21 heavy (non-hydrogen) atoms. The smallest absolute Gasteiger partial charge is 0.0838 e. The number of pyridine rings is 1. The third-order valence-corrected chi connectivity index (χ3v) is 4.78. The van der Waals surface area contributed by atoms with E-state index >= 15 is 0 Å². The Kier molecular flexibility index (Phi) is 6.19. The first-order valence-electron chi connectivity index (χ1n) is 8.47. The molecule has 0 spiro atoms. The van der Waals surface area contributed by atoms with Gasteiger partial charge in [-0.2, -0.15) is 0 Å². The fraction of sp³-hybridized carbons (Fsp3) is 0.722. The second-order valence-electron chi connectivity index (χ2n) is 6.32. The fourth-order valence-electron chi connectivity index (χ4n) is 3.55. The van der Waals surface area contributed by atoms with E-state index in [2.05, 4.69) is 43.2 Å². The highest BCUT2D eigenvalue weighted by Gasteiger charge is 2.41. The van der Waals surface area contributed by atoms with Crippen LogP contribution in [-0.4, -0.2) is 29.8 Å². The first-order chi connectivity index (χ1) is 10.2. The second kappa shape index (κ2) is 7.90. The molecule has 1 unspecified atom stereocenters. The van der Waals surface area contributed by atoms with Crippen molar-refractivity contribution >= 4 is 0 Å². The molecular formula is C18H30N2O. The van der Waals surface area contributed by atoms with Crippen molar-refractivity contribution in [3.63, 3.8) is 0 Å². The van der Waals surface area contributed by atoms with E-state index < -0.39 is 0 Å². The Morgan fingerprint density at radius 2 is 2.10 bits per heavy atom. The molecule has 3 heteroatoms. The Morgan fingerprint density at radius 3 is 2.67 bits per heavy atom. The van der Waals surface area contributed by atoms with Gasteiger partial charge in [-0.15, -0.1) is 0 Å². The lowest BCUT2D eigenvalue weighted by molar-refractivity contribution is -0.0959. The van der Waals surface area contributed by atoms with Crippen molar-refractivity contribution in [2.45, 2.75) is 64.5 Å². The van der Waals surface area contributed by atoms with Gasteiger partial charge < -0.3 is 10.1 Å². The standard InChI is InChI=1S/C18H30N2O/c1-4-19-17(14-16-8-6-7-13-20-16)18(21-5-2)11-9-15(3)10-12-18/h6-8,13,15,17,19H,4-5,9-12,14H2,1-3H3. The summed E-state index contributed by atoms with van der Waals surface area (Å²) in [6.45, 7) is 8.41. The number of aromatic nitrogens is 1. The molecule has 1 N–H and O–H groups in total. The van der Waals surface area contributed by atoms with Crippen molar-refractivity contribution in [2.75, 3.05) is 13.2 Å². The maximum Gasteiger partial charge on any atom is 0.0838 e. The SMILES string of the molecule is CCNC(Cc1ccccn1)C1(OCC)CCC(C)CC1. The quantitative estimate of drug-likeness (QED) is 0.833. The summed E-state index contributed by atoms with van der Waals surface area (Å²) < 4.78 is 6.32. The zero-order valence-electron chi connectivity index (χ0n) is 13.8. The van der Waals surface area contributed by atoms with Crippen LogP contribution in [0.4, 0.5) is 0 Å². The molecular weight excluding hydrogens is 260 g/mol. The van der Waals surface area contributed by atoms with E-state index in [9.17, 15) is 0 Å². The Hall–Kier alpha value is -0.930. The van der Waals surface area contributed by atoms with Crippen LogP contribution in [0.2, 0.25) is 0 Å². The van der Waals surface area contributed by atoms with Crippen molar-refractivity contribution in [2.24, 2.45) is 5.92 Å². The van der Waals surface area contributed by atoms with Gasteiger partial charge in [0.2, 0.25) is 0 Å². The van der Waals surface area contributed by atoms with Crippen LogP contribution in [-0.2, 0) is 11.2 Å². The van der Waals surface area contributed by atoms with Crippen LogP contribution < -0.4 is 5.32 Å². The summed E-state index contributed by atoms with van der Waals surface area (Å²) in [6, 6.07) is 6.52. The number of hydrogen-bond acceptors (Lipinski definition) is 3. The summed E-state index contributed by atoms with van der Waals surface area (Å²) in [6.07, 6.45) is 7.69. The number of ether oxygens (including phenoxy) is 1. The molecule has 118 valence electrons. The van der Waals surface area contributed by atoms with E-state index in [1.807, 2.05) is 12.3 Å². The number of nitrogens with one attached hydrogen (secondary N) is 1. The molecule has 1 saturated carbocycles. The average Bonchev–Trinajstić information content (AvgIpc) is 2.51. The molecule has 1 atom stereocenters. The highest BCUT2D eigenvalue weighted by atomic mass is 16.5. The summed E-state index contributed by atoms with van der Waals surface area (Å²) in [4.78, 5) is 4.51. The normalized spacial score (nSPS) is 27.5. The van der Waals surface area contributed by atoms with Crippen LogP contribution in [0.3, 0.4) is 0 Å². The Labute approximate surface area is 129 Å². The van der Waals surface area contributed by atoms with Gasteiger partial charge in [0.1, 0.15) is 0 Å². The molecule has 0 bridgehead atoms. The topological polar surface area (TPSA) is 34.2 Å². The van der Waals surface area contributed by atoms with Crippen molar-refractivity contribution in [1.29, 1.82) is 0 Å². The first kappa shape index (κ1) is 16.4.